The van der Waals surface area contributed by atoms with Gasteiger partial charge in [0.25, 0.3) is 0 Å². The van der Waals surface area contributed by atoms with Crippen molar-refractivity contribution in [1.82, 2.24) is 10.2 Å². The third-order valence-corrected chi connectivity index (χ3v) is 5.80. The molecular weight excluding hydrogens is 384 g/mol. The summed E-state index contributed by atoms with van der Waals surface area (Å²) in [5, 5.41) is 11.8. The lowest BCUT2D eigenvalue weighted by Gasteiger charge is -2.43. The fraction of sp³-hybridized carbons (Fsp3) is 0.391. The van der Waals surface area contributed by atoms with Gasteiger partial charge in [-0.2, -0.15) is 0 Å². The number of carbonyl (C=O) groups is 2. The van der Waals surface area contributed by atoms with Crippen LogP contribution in [0.4, 0.5) is 4.79 Å². The fourth-order valence-electron chi connectivity index (χ4n) is 4.27. The summed E-state index contributed by atoms with van der Waals surface area (Å²) in [4.78, 5) is 25.9. The molecule has 3 aliphatic rings. The van der Waals surface area contributed by atoms with Crippen LogP contribution in [0.1, 0.15) is 30.0 Å². The number of aliphatic carboxylic acids is 1. The number of rotatable bonds is 7. The van der Waals surface area contributed by atoms with E-state index in [0.717, 1.165) is 43.6 Å². The van der Waals surface area contributed by atoms with Crippen LogP contribution in [0.3, 0.4) is 0 Å². The normalized spacial score (nSPS) is 23.4. The second kappa shape index (κ2) is 9.17. The summed E-state index contributed by atoms with van der Waals surface area (Å²) < 4.78 is 11.1. The predicted molar refractivity (Wildman–Crippen MR) is 110 cm³/mol. The molecular formula is C23H26N2O5. The second-order valence-electron chi connectivity index (χ2n) is 7.82. The first-order valence-corrected chi connectivity index (χ1v) is 10.3. The lowest BCUT2D eigenvalue weighted by molar-refractivity contribution is -0.139. The number of hydrogen-bond donors (Lipinski definition) is 2. The molecule has 2 aromatic carbocycles. The van der Waals surface area contributed by atoms with Crippen LogP contribution < -0.4 is 10.1 Å². The van der Waals surface area contributed by atoms with E-state index in [1.165, 1.54) is 0 Å². The predicted octanol–water partition coefficient (Wildman–Crippen LogP) is 3.06. The van der Waals surface area contributed by atoms with Crippen molar-refractivity contribution >= 4 is 12.1 Å². The van der Waals surface area contributed by atoms with Gasteiger partial charge in [-0.3, -0.25) is 4.90 Å². The number of ether oxygens (including phenoxy) is 2. The van der Waals surface area contributed by atoms with Gasteiger partial charge in [0.15, 0.2) is 6.61 Å². The monoisotopic (exact) mass is 410 g/mol. The number of amides is 1. The number of nitrogens with one attached hydrogen (secondary N) is 1. The minimum absolute atomic E-state index is 0.0749. The van der Waals surface area contributed by atoms with Gasteiger partial charge in [-0.05, 0) is 55.1 Å². The molecule has 2 N–H and O–H groups in total. The van der Waals surface area contributed by atoms with Crippen molar-refractivity contribution in [2.75, 3.05) is 26.2 Å². The first-order valence-electron chi connectivity index (χ1n) is 10.3. The lowest BCUT2D eigenvalue weighted by atomic mass is 9.86. The maximum absolute atomic E-state index is 12.8. The van der Waals surface area contributed by atoms with Crippen molar-refractivity contribution < 1.29 is 24.2 Å². The van der Waals surface area contributed by atoms with Crippen LogP contribution in [0, 0.1) is 5.92 Å². The Labute approximate surface area is 175 Å². The van der Waals surface area contributed by atoms with Gasteiger partial charge in [-0.15, -0.1) is 0 Å². The Morgan fingerprint density at radius 1 is 1.07 bits per heavy atom. The third kappa shape index (κ3) is 4.91. The summed E-state index contributed by atoms with van der Waals surface area (Å²) in [6.45, 7) is 2.55. The summed E-state index contributed by atoms with van der Waals surface area (Å²) in [6, 6.07) is 16.3. The van der Waals surface area contributed by atoms with Gasteiger partial charge in [0.05, 0.1) is 6.04 Å². The number of carboxylic acid groups (broad SMARTS) is 1. The molecule has 2 aromatic rings. The summed E-state index contributed by atoms with van der Waals surface area (Å²) in [5.74, 6) is -0.175. The van der Waals surface area contributed by atoms with Crippen LogP contribution in [0.25, 0.3) is 0 Å². The Kier molecular flexibility index (Phi) is 6.18. The highest BCUT2D eigenvalue weighted by Crippen LogP contribution is 2.30. The molecule has 5 rings (SSSR count). The van der Waals surface area contributed by atoms with Crippen LogP contribution in [0.2, 0.25) is 0 Å². The minimum atomic E-state index is -1.04. The zero-order valence-electron chi connectivity index (χ0n) is 16.7. The van der Waals surface area contributed by atoms with Gasteiger partial charge in [0.2, 0.25) is 0 Å². The maximum Gasteiger partial charge on any atom is 0.408 e. The molecule has 0 radical (unpaired) electrons. The van der Waals surface area contributed by atoms with Crippen LogP contribution in [0.5, 0.6) is 5.75 Å². The fourth-order valence-corrected chi connectivity index (χ4v) is 4.27. The van der Waals surface area contributed by atoms with E-state index < -0.39 is 24.7 Å². The van der Waals surface area contributed by atoms with Gasteiger partial charge in [-0.1, -0.05) is 42.5 Å². The maximum atomic E-state index is 12.8. The van der Waals surface area contributed by atoms with E-state index in [2.05, 4.69) is 10.2 Å². The van der Waals surface area contributed by atoms with Gasteiger partial charge >= 0.3 is 12.1 Å². The summed E-state index contributed by atoms with van der Waals surface area (Å²) in [5.41, 5.74) is 1.69. The van der Waals surface area contributed by atoms with E-state index in [4.69, 9.17) is 14.6 Å². The van der Waals surface area contributed by atoms with Crippen LogP contribution >= 0.6 is 0 Å². The Morgan fingerprint density at radius 3 is 2.47 bits per heavy atom. The SMILES string of the molecule is O=C(O)COc1cccc(C(NC(=O)OC2CN3CCC2CC3)c2ccccc2)c1. The smallest absolute Gasteiger partial charge is 0.408 e. The van der Waals surface area contributed by atoms with E-state index in [-0.39, 0.29) is 6.10 Å². The summed E-state index contributed by atoms with van der Waals surface area (Å²) in [7, 11) is 0. The van der Waals surface area contributed by atoms with Crippen LogP contribution in [-0.2, 0) is 9.53 Å². The highest BCUT2D eigenvalue weighted by Gasteiger charge is 2.36. The number of nitrogens with zero attached hydrogens (tertiary/aromatic N) is 1. The molecule has 3 saturated heterocycles. The molecule has 0 spiro atoms. The van der Waals surface area contributed by atoms with Crippen molar-refractivity contribution in [3.05, 3.63) is 65.7 Å². The first-order chi connectivity index (χ1) is 14.6. The number of fused-ring (bicyclic) bond motifs is 3. The number of hydrogen-bond acceptors (Lipinski definition) is 5. The third-order valence-electron chi connectivity index (χ3n) is 5.80. The number of carboxylic acids is 1. The second-order valence-corrected chi connectivity index (χ2v) is 7.82. The Balaban J connectivity index is 1.50. The molecule has 7 heteroatoms. The molecule has 3 fully saturated rings. The molecule has 0 aromatic heterocycles. The number of carbonyl (C=O) groups excluding carboxylic acids is 1. The van der Waals surface area contributed by atoms with Gasteiger partial charge in [0.1, 0.15) is 11.9 Å². The van der Waals surface area contributed by atoms with Crippen LogP contribution in [0.15, 0.2) is 54.6 Å². The zero-order chi connectivity index (χ0) is 20.9. The molecule has 2 bridgehead atoms. The van der Waals surface area contributed by atoms with Gasteiger partial charge in [0, 0.05) is 6.54 Å². The van der Waals surface area contributed by atoms with Gasteiger partial charge in [-0.25, -0.2) is 9.59 Å². The molecule has 0 saturated carbocycles. The van der Waals surface area contributed by atoms with Crippen molar-refractivity contribution in [3.8, 4) is 5.75 Å². The minimum Gasteiger partial charge on any atom is -0.482 e. The molecule has 7 nitrogen and oxygen atoms in total. The van der Waals surface area contributed by atoms with E-state index in [0.29, 0.717) is 11.7 Å². The van der Waals surface area contributed by atoms with Crippen LogP contribution in [-0.4, -0.2) is 54.4 Å². The largest absolute Gasteiger partial charge is 0.482 e. The first kappa shape index (κ1) is 20.2. The van der Waals surface area contributed by atoms with E-state index in [9.17, 15) is 9.59 Å². The van der Waals surface area contributed by atoms with Crippen molar-refractivity contribution in [1.29, 1.82) is 0 Å². The van der Waals surface area contributed by atoms with E-state index in [1.54, 1.807) is 18.2 Å². The Hall–Kier alpha value is -3.06. The number of benzene rings is 2. The highest BCUT2D eigenvalue weighted by molar-refractivity contribution is 5.69. The molecule has 1 amide bonds. The Bertz CT molecular complexity index is 880. The molecule has 3 heterocycles. The van der Waals surface area contributed by atoms with Crippen molar-refractivity contribution in [2.24, 2.45) is 5.92 Å². The molecule has 2 atom stereocenters. The Morgan fingerprint density at radius 2 is 1.80 bits per heavy atom. The van der Waals surface area contributed by atoms with E-state index >= 15 is 0 Å². The van der Waals surface area contributed by atoms with E-state index in [1.807, 2.05) is 36.4 Å². The quantitative estimate of drug-likeness (QED) is 0.729. The standard InChI is InChI=1S/C23H26N2O5/c26-21(27)15-29-19-8-4-7-18(13-19)22(17-5-2-1-3-6-17)24-23(28)30-20-14-25-11-9-16(20)10-12-25/h1-8,13,16,20,22H,9-12,14-15H2,(H,24,28)(H,26,27). The topological polar surface area (TPSA) is 88.1 Å². The number of alkyl carbamates (subject to hydrolysis) is 1. The average Bonchev–Trinajstić information content (AvgIpc) is 2.78. The molecule has 158 valence electrons. The zero-order valence-corrected chi connectivity index (χ0v) is 16.7. The summed E-state index contributed by atoms with van der Waals surface area (Å²) in [6.07, 6.45) is 1.63. The van der Waals surface area contributed by atoms with Crippen molar-refractivity contribution in [3.63, 3.8) is 0 Å². The molecule has 0 aliphatic carbocycles. The lowest BCUT2D eigenvalue weighted by Crippen LogP contribution is -2.52. The molecule has 30 heavy (non-hydrogen) atoms. The summed E-state index contributed by atoms with van der Waals surface area (Å²) >= 11 is 0. The average molecular weight is 410 g/mol. The molecule has 3 aliphatic heterocycles. The van der Waals surface area contributed by atoms with Crippen molar-refractivity contribution in [2.45, 2.75) is 25.0 Å². The number of piperidine rings is 3. The van der Waals surface area contributed by atoms with Gasteiger partial charge < -0.3 is 19.9 Å². The highest BCUT2D eigenvalue weighted by atomic mass is 16.6. The molecule has 2 unspecified atom stereocenters.